The number of nitrogens with zero attached hydrogens (tertiary/aromatic N) is 1. The molecule has 0 aromatic carbocycles. The van der Waals surface area contributed by atoms with Crippen molar-refractivity contribution in [2.24, 2.45) is 0 Å². The van der Waals surface area contributed by atoms with Gasteiger partial charge in [-0.3, -0.25) is 0 Å². The van der Waals surface area contributed by atoms with Crippen LogP contribution in [-0.4, -0.2) is 34.2 Å². The zero-order valence-corrected chi connectivity index (χ0v) is 10.5. The van der Waals surface area contributed by atoms with Crippen molar-refractivity contribution >= 4 is 10.4 Å². The molecule has 0 unspecified atom stereocenters. The topological polar surface area (TPSA) is 0 Å². The Balaban J connectivity index is 0. The Morgan fingerprint density at radius 1 is 1.00 bits per heavy atom. The molecule has 0 rings (SSSR count). The van der Waals surface area contributed by atoms with Gasteiger partial charge in [-0.1, -0.05) is 0 Å². The van der Waals surface area contributed by atoms with Gasteiger partial charge in [0.1, 0.15) is 0 Å². The van der Waals surface area contributed by atoms with Crippen molar-refractivity contribution in [2.75, 3.05) is 19.6 Å². The van der Waals surface area contributed by atoms with Gasteiger partial charge in [0.2, 0.25) is 10.4 Å². The zero-order chi connectivity index (χ0) is 6.62. The van der Waals surface area contributed by atoms with E-state index in [9.17, 15) is 0 Å². The Labute approximate surface area is 72.3 Å². The van der Waals surface area contributed by atoms with Crippen LogP contribution in [0.15, 0.2) is 0 Å². The smallest absolute Gasteiger partial charge is 0.239 e. The third-order valence-electron chi connectivity index (χ3n) is 2.29. The van der Waals surface area contributed by atoms with Gasteiger partial charge in [0, 0.05) is 0 Å². The average Bonchev–Trinajstić information content (AvgIpc) is 1.87. The summed E-state index contributed by atoms with van der Waals surface area (Å²) in [7, 11) is 1.31. The third-order valence-corrected chi connectivity index (χ3v) is 4.19. The Hall–Kier alpha value is 0.657. The van der Waals surface area contributed by atoms with Crippen LogP contribution >= 0.6 is 0 Å². The van der Waals surface area contributed by atoms with E-state index in [4.69, 9.17) is 0 Å². The van der Waals surface area contributed by atoms with Crippen LogP contribution in [-0.2, 0) is 0 Å². The molecule has 0 aromatic rings. The zero-order valence-electron chi connectivity index (χ0n) is 6.95. The number of hydrogen-bond donors (Lipinski definition) is 0. The van der Waals surface area contributed by atoms with Crippen LogP contribution in [0, 0.1) is 0 Å². The van der Waals surface area contributed by atoms with E-state index in [0.717, 1.165) is 0 Å². The summed E-state index contributed by atoms with van der Waals surface area (Å²) in [6.07, 6.45) is 0. The first-order chi connectivity index (χ1) is 3.68. The van der Waals surface area contributed by atoms with Crippen LogP contribution in [0.4, 0.5) is 0 Å². The van der Waals surface area contributed by atoms with Crippen molar-refractivity contribution in [3.05, 3.63) is 0 Å². The molecule has 0 heterocycles. The monoisotopic (exact) mass is 211 g/mol. The molecular formula is C6H18BrNSi. The van der Waals surface area contributed by atoms with Crippen LogP contribution in [0.5, 0.6) is 0 Å². The Morgan fingerprint density at radius 2 is 1.22 bits per heavy atom. The maximum atomic E-state index is 2.28. The van der Waals surface area contributed by atoms with Crippen molar-refractivity contribution in [3.63, 3.8) is 0 Å². The van der Waals surface area contributed by atoms with Gasteiger partial charge < -0.3 is 21.1 Å². The fraction of sp³-hybridized carbons (Fsp3) is 1.00. The van der Waals surface area contributed by atoms with Crippen molar-refractivity contribution in [1.82, 2.24) is 0 Å². The SMILES string of the molecule is CC[N+]([SiH3])(CC)CC.[Br-]. The number of quaternary nitrogens is 1. The van der Waals surface area contributed by atoms with Crippen molar-refractivity contribution < 1.29 is 21.1 Å². The molecule has 0 aliphatic carbocycles. The van der Waals surface area contributed by atoms with E-state index < -0.39 is 0 Å². The summed E-state index contributed by atoms with van der Waals surface area (Å²) in [6, 6.07) is 0. The second kappa shape index (κ2) is 5.44. The maximum Gasteiger partial charge on any atom is 0.239 e. The number of rotatable bonds is 3. The van der Waals surface area contributed by atoms with Gasteiger partial charge >= 0.3 is 0 Å². The lowest BCUT2D eigenvalue weighted by Gasteiger charge is -2.32. The predicted molar refractivity (Wildman–Crippen MR) is 41.8 cm³/mol. The van der Waals surface area contributed by atoms with Crippen LogP contribution in [0.3, 0.4) is 0 Å². The fourth-order valence-electron chi connectivity index (χ4n) is 0.671. The Morgan fingerprint density at radius 3 is 1.22 bits per heavy atom. The molecule has 0 aliphatic heterocycles. The molecule has 0 N–H and O–H groups in total. The first kappa shape index (κ1) is 12.3. The highest BCUT2D eigenvalue weighted by Gasteiger charge is 2.09. The van der Waals surface area contributed by atoms with E-state index in [0.29, 0.717) is 0 Å². The molecule has 0 spiro atoms. The standard InChI is InChI=1S/C6H18NSi.BrH/c1-4-7(8,5-2)6-3;/h4-6H2,1-3,8H3;1H/q+1;/p-1. The molecular weight excluding hydrogens is 194 g/mol. The summed E-state index contributed by atoms with van der Waals surface area (Å²) in [6.45, 7) is 10.8. The Kier molecular flexibility index (Phi) is 7.46. The lowest BCUT2D eigenvalue weighted by atomic mass is 10.5. The fourth-order valence-corrected chi connectivity index (χ4v) is 0.671. The summed E-state index contributed by atoms with van der Waals surface area (Å²) >= 11 is 0. The second-order valence-electron chi connectivity index (χ2n) is 2.57. The molecule has 9 heavy (non-hydrogen) atoms. The summed E-state index contributed by atoms with van der Waals surface area (Å²) in [4.78, 5) is 0. The van der Waals surface area contributed by atoms with Crippen molar-refractivity contribution in [1.29, 1.82) is 0 Å². The molecule has 3 heteroatoms. The molecule has 58 valence electrons. The van der Waals surface area contributed by atoms with E-state index in [1.807, 2.05) is 0 Å². The van der Waals surface area contributed by atoms with Crippen LogP contribution in [0.25, 0.3) is 0 Å². The number of hydrogen-bond acceptors (Lipinski definition) is 0. The molecule has 0 radical (unpaired) electrons. The first-order valence-electron chi connectivity index (χ1n) is 3.52. The second-order valence-corrected chi connectivity index (χ2v) is 4.47. The summed E-state index contributed by atoms with van der Waals surface area (Å²) in [5, 5.41) is 0. The van der Waals surface area contributed by atoms with E-state index in [1.54, 1.807) is 0 Å². The van der Waals surface area contributed by atoms with Crippen LogP contribution in [0.1, 0.15) is 20.8 Å². The van der Waals surface area contributed by atoms with Crippen molar-refractivity contribution in [2.45, 2.75) is 20.8 Å². The number of halogens is 1. The molecule has 0 saturated heterocycles. The average molecular weight is 212 g/mol. The molecule has 0 aromatic heterocycles. The normalized spacial score (nSPS) is 11.0. The summed E-state index contributed by atoms with van der Waals surface area (Å²) < 4.78 is 1.35. The minimum Gasteiger partial charge on any atom is -1.00 e. The van der Waals surface area contributed by atoms with E-state index in [-0.39, 0.29) is 17.0 Å². The summed E-state index contributed by atoms with van der Waals surface area (Å²) in [5.74, 6) is 0. The quantitative estimate of drug-likeness (QED) is 0.442. The van der Waals surface area contributed by atoms with E-state index in [2.05, 4.69) is 20.8 Å². The van der Waals surface area contributed by atoms with E-state index in [1.165, 1.54) is 34.2 Å². The minimum atomic E-state index is 0. The molecule has 0 aliphatic rings. The highest BCUT2D eigenvalue weighted by atomic mass is 79.9. The molecule has 1 nitrogen and oxygen atoms in total. The van der Waals surface area contributed by atoms with Crippen LogP contribution < -0.4 is 17.0 Å². The maximum absolute atomic E-state index is 2.28. The highest BCUT2D eigenvalue weighted by molar-refractivity contribution is 5.97. The largest absolute Gasteiger partial charge is 1.00 e. The van der Waals surface area contributed by atoms with Gasteiger partial charge in [0.15, 0.2) is 0 Å². The molecule has 0 saturated carbocycles. The molecule has 0 fully saturated rings. The van der Waals surface area contributed by atoms with Gasteiger partial charge in [0.25, 0.3) is 0 Å². The lowest BCUT2D eigenvalue weighted by Crippen LogP contribution is -3.00. The van der Waals surface area contributed by atoms with E-state index >= 15 is 0 Å². The molecule has 0 bridgehead atoms. The van der Waals surface area contributed by atoms with Gasteiger partial charge in [-0.15, -0.1) is 0 Å². The van der Waals surface area contributed by atoms with Gasteiger partial charge in [0.05, 0.1) is 19.6 Å². The molecule has 0 atom stereocenters. The van der Waals surface area contributed by atoms with Gasteiger partial charge in [-0.2, -0.15) is 0 Å². The van der Waals surface area contributed by atoms with Gasteiger partial charge in [-0.05, 0) is 20.8 Å². The Bertz CT molecular complexity index is 55.8. The first-order valence-corrected chi connectivity index (χ1v) is 4.41. The van der Waals surface area contributed by atoms with Gasteiger partial charge in [-0.25, -0.2) is 0 Å². The minimum absolute atomic E-state index is 0. The lowest BCUT2D eigenvalue weighted by molar-refractivity contribution is -0.811. The molecule has 0 amide bonds. The predicted octanol–water partition coefficient (Wildman–Crippen LogP) is -2.85. The summed E-state index contributed by atoms with van der Waals surface area (Å²) in [5.41, 5.74) is 0. The highest BCUT2D eigenvalue weighted by Crippen LogP contribution is 1.96. The van der Waals surface area contributed by atoms with Crippen molar-refractivity contribution in [3.8, 4) is 0 Å². The third kappa shape index (κ3) is 4.11. The van der Waals surface area contributed by atoms with Crippen LogP contribution in [0.2, 0.25) is 0 Å².